The number of nitrogens with zero attached hydrogens (tertiary/aromatic N) is 1. The summed E-state index contributed by atoms with van der Waals surface area (Å²) in [6.45, 7) is 5.38. The standard InChI is InChI=1S/C15H19FN2S/c1-3-18(10-12-6-5-9-19-12)15-13(11(2)17)7-4-8-14(15)16/h4-9,11H,3,10,17H2,1-2H3. The van der Waals surface area contributed by atoms with E-state index in [0.717, 1.165) is 18.7 Å². The number of para-hydroxylation sites is 1. The first-order chi connectivity index (χ1) is 9.13. The Morgan fingerprint density at radius 1 is 1.32 bits per heavy atom. The van der Waals surface area contributed by atoms with E-state index >= 15 is 0 Å². The molecular weight excluding hydrogens is 259 g/mol. The van der Waals surface area contributed by atoms with Crippen molar-refractivity contribution in [2.75, 3.05) is 11.4 Å². The van der Waals surface area contributed by atoms with Gasteiger partial charge < -0.3 is 10.6 Å². The van der Waals surface area contributed by atoms with Gasteiger partial charge in [-0.05, 0) is 36.9 Å². The predicted molar refractivity (Wildman–Crippen MR) is 80.0 cm³/mol. The molecule has 0 aliphatic heterocycles. The zero-order chi connectivity index (χ0) is 13.8. The molecule has 0 saturated heterocycles. The van der Waals surface area contributed by atoms with E-state index in [0.29, 0.717) is 5.69 Å². The first kappa shape index (κ1) is 14.0. The van der Waals surface area contributed by atoms with E-state index in [1.165, 1.54) is 10.9 Å². The van der Waals surface area contributed by atoms with Crippen LogP contribution in [0.3, 0.4) is 0 Å². The molecule has 1 aromatic heterocycles. The van der Waals surface area contributed by atoms with Crippen LogP contribution < -0.4 is 10.6 Å². The number of rotatable bonds is 5. The van der Waals surface area contributed by atoms with Gasteiger partial charge in [0, 0.05) is 17.5 Å². The van der Waals surface area contributed by atoms with Gasteiger partial charge in [0.1, 0.15) is 5.82 Å². The van der Waals surface area contributed by atoms with Crippen LogP contribution in [0.2, 0.25) is 0 Å². The van der Waals surface area contributed by atoms with Crippen LogP contribution in [0.4, 0.5) is 10.1 Å². The lowest BCUT2D eigenvalue weighted by atomic mass is 10.1. The number of anilines is 1. The quantitative estimate of drug-likeness (QED) is 0.897. The van der Waals surface area contributed by atoms with Gasteiger partial charge >= 0.3 is 0 Å². The largest absolute Gasteiger partial charge is 0.364 e. The van der Waals surface area contributed by atoms with E-state index < -0.39 is 0 Å². The highest BCUT2D eigenvalue weighted by Crippen LogP contribution is 2.30. The lowest BCUT2D eigenvalue weighted by molar-refractivity contribution is 0.611. The van der Waals surface area contributed by atoms with Crippen LogP contribution in [0.1, 0.15) is 30.3 Å². The van der Waals surface area contributed by atoms with Crippen molar-refractivity contribution >= 4 is 17.0 Å². The zero-order valence-corrected chi connectivity index (χ0v) is 12.1. The van der Waals surface area contributed by atoms with Crippen molar-refractivity contribution in [1.82, 2.24) is 0 Å². The summed E-state index contributed by atoms with van der Waals surface area (Å²) in [6, 6.07) is 9.03. The summed E-state index contributed by atoms with van der Waals surface area (Å²) in [5, 5.41) is 2.04. The Morgan fingerprint density at radius 2 is 2.11 bits per heavy atom. The van der Waals surface area contributed by atoms with Crippen LogP contribution in [0.5, 0.6) is 0 Å². The molecule has 2 rings (SSSR count). The third kappa shape index (κ3) is 3.14. The van der Waals surface area contributed by atoms with Crippen LogP contribution in [0.25, 0.3) is 0 Å². The first-order valence-corrected chi connectivity index (χ1v) is 7.32. The summed E-state index contributed by atoms with van der Waals surface area (Å²) in [4.78, 5) is 3.26. The van der Waals surface area contributed by atoms with Gasteiger partial charge in [0.15, 0.2) is 0 Å². The zero-order valence-electron chi connectivity index (χ0n) is 11.3. The summed E-state index contributed by atoms with van der Waals surface area (Å²) >= 11 is 1.69. The van der Waals surface area contributed by atoms with Crippen LogP contribution in [0, 0.1) is 5.82 Å². The van der Waals surface area contributed by atoms with E-state index in [-0.39, 0.29) is 11.9 Å². The lowest BCUT2D eigenvalue weighted by Gasteiger charge is -2.27. The maximum Gasteiger partial charge on any atom is 0.146 e. The molecule has 0 aliphatic rings. The fourth-order valence-corrected chi connectivity index (χ4v) is 2.89. The Kier molecular flexibility index (Phi) is 4.56. The van der Waals surface area contributed by atoms with Gasteiger partial charge in [-0.15, -0.1) is 11.3 Å². The smallest absolute Gasteiger partial charge is 0.146 e. The van der Waals surface area contributed by atoms with E-state index in [4.69, 9.17) is 5.73 Å². The van der Waals surface area contributed by atoms with Gasteiger partial charge in [-0.3, -0.25) is 0 Å². The molecule has 4 heteroatoms. The number of halogens is 1. The number of benzene rings is 1. The molecule has 0 amide bonds. The van der Waals surface area contributed by atoms with Crippen molar-refractivity contribution in [3.63, 3.8) is 0 Å². The SMILES string of the molecule is CCN(Cc1cccs1)c1c(F)cccc1C(C)N. The fraction of sp³-hybridized carbons (Fsp3) is 0.333. The Balaban J connectivity index is 2.37. The highest BCUT2D eigenvalue weighted by molar-refractivity contribution is 7.09. The summed E-state index contributed by atoms with van der Waals surface area (Å²) in [7, 11) is 0. The molecule has 102 valence electrons. The second-order valence-corrected chi connectivity index (χ2v) is 5.59. The van der Waals surface area contributed by atoms with Crippen molar-refractivity contribution in [3.05, 3.63) is 52.0 Å². The molecule has 0 aliphatic carbocycles. The number of thiophene rings is 1. The Hall–Kier alpha value is -1.39. The van der Waals surface area contributed by atoms with Gasteiger partial charge in [0.05, 0.1) is 12.2 Å². The average molecular weight is 278 g/mol. The molecule has 1 unspecified atom stereocenters. The third-order valence-corrected chi connectivity index (χ3v) is 3.99. The summed E-state index contributed by atoms with van der Waals surface area (Å²) in [5.41, 5.74) is 7.45. The molecular formula is C15H19FN2S. The molecule has 0 fully saturated rings. The van der Waals surface area contributed by atoms with E-state index in [9.17, 15) is 4.39 Å². The minimum absolute atomic E-state index is 0.178. The highest BCUT2D eigenvalue weighted by atomic mass is 32.1. The molecule has 1 atom stereocenters. The monoisotopic (exact) mass is 278 g/mol. The molecule has 2 aromatic rings. The van der Waals surface area contributed by atoms with E-state index in [1.807, 2.05) is 36.3 Å². The molecule has 2 N–H and O–H groups in total. The van der Waals surface area contributed by atoms with Gasteiger partial charge in [-0.1, -0.05) is 18.2 Å². The second-order valence-electron chi connectivity index (χ2n) is 4.56. The maximum atomic E-state index is 14.2. The van der Waals surface area contributed by atoms with Gasteiger partial charge in [-0.2, -0.15) is 0 Å². The van der Waals surface area contributed by atoms with Crippen LogP contribution >= 0.6 is 11.3 Å². The second kappa shape index (κ2) is 6.17. The minimum Gasteiger partial charge on any atom is -0.364 e. The molecule has 1 heterocycles. The average Bonchev–Trinajstić information content (AvgIpc) is 2.89. The Labute approximate surface area is 117 Å². The summed E-state index contributed by atoms with van der Waals surface area (Å²) < 4.78 is 14.2. The molecule has 0 saturated carbocycles. The van der Waals surface area contributed by atoms with E-state index in [2.05, 4.69) is 6.07 Å². The molecule has 1 aromatic carbocycles. The molecule has 2 nitrogen and oxygen atoms in total. The number of hydrogen-bond donors (Lipinski definition) is 1. The number of hydrogen-bond acceptors (Lipinski definition) is 3. The number of nitrogens with two attached hydrogens (primary N) is 1. The Morgan fingerprint density at radius 3 is 2.68 bits per heavy atom. The third-order valence-electron chi connectivity index (χ3n) is 3.13. The maximum absolute atomic E-state index is 14.2. The molecule has 0 bridgehead atoms. The minimum atomic E-state index is -0.201. The van der Waals surface area contributed by atoms with Gasteiger partial charge in [0.2, 0.25) is 0 Å². The van der Waals surface area contributed by atoms with Crippen molar-refractivity contribution < 1.29 is 4.39 Å². The highest BCUT2D eigenvalue weighted by Gasteiger charge is 2.17. The lowest BCUT2D eigenvalue weighted by Crippen LogP contribution is -2.25. The van der Waals surface area contributed by atoms with Crippen molar-refractivity contribution in [2.45, 2.75) is 26.4 Å². The molecule has 0 radical (unpaired) electrons. The van der Waals surface area contributed by atoms with Gasteiger partial charge in [-0.25, -0.2) is 4.39 Å². The van der Waals surface area contributed by atoms with Crippen LogP contribution in [0.15, 0.2) is 35.7 Å². The molecule has 0 spiro atoms. The predicted octanol–water partition coefficient (Wildman–Crippen LogP) is 3.93. The van der Waals surface area contributed by atoms with Crippen LogP contribution in [-0.2, 0) is 6.54 Å². The Bertz CT molecular complexity index is 523. The van der Waals surface area contributed by atoms with Crippen molar-refractivity contribution in [1.29, 1.82) is 0 Å². The summed E-state index contributed by atoms with van der Waals surface area (Å²) in [5.74, 6) is -0.201. The normalized spacial score (nSPS) is 12.4. The first-order valence-electron chi connectivity index (χ1n) is 6.44. The topological polar surface area (TPSA) is 29.3 Å². The van der Waals surface area contributed by atoms with Crippen molar-refractivity contribution in [2.24, 2.45) is 5.73 Å². The molecule has 19 heavy (non-hydrogen) atoms. The van der Waals surface area contributed by atoms with Crippen molar-refractivity contribution in [3.8, 4) is 0 Å². The van der Waals surface area contributed by atoms with Gasteiger partial charge in [0.25, 0.3) is 0 Å². The van der Waals surface area contributed by atoms with E-state index in [1.54, 1.807) is 17.4 Å². The van der Waals surface area contributed by atoms with Crippen LogP contribution in [-0.4, -0.2) is 6.54 Å². The summed E-state index contributed by atoms with van der Waals surface area (Å²) in [6.07, 6.45) is 0. The fourth-order valence-electron chi connectivity index (χ4n) is 2.17.